The molecule has 4 heteroatoms. The number of amides is 2. The SMILES string of the molecule is O=C1NC2COCC2N1Cc1ccccc1. The van der Waals surface area contributed by atoms with E-state index in [0.717, 1.165) is 5.56 Å². The molecule has 0 bridgehead atoms. The molecule has 1 aromatic rings. The first-order valence-electron chi connectivity index (χ1n) is 5.53. The Morgan fingerprint density at radius 1 is 1.31 bits per heavy atom. The van der Waals surface area contributed by atoms with Gasteiger partial charge in [0.25, 0.3) is 0 Å². The highest BCUT2D eigenvalue weighted by Gasteiger charge is 2.42. The first-order chi connectivity index (χ1) is 7.84. The van der Waals surface area contributed by atoms with Crippen molar-refractivity contribution in [1.82, 2.24) is 10.2 Å². The third kappa shape index (κ3) is 1.55. The minimum Gasteiger partial charge on any atom is -0.377 e. The van der Waals surface area contributed by atoms with Crippen molar-refractivity contribution in [1.29, 1.82) is 0 Å². The van der Waals surface area contributed by atoms with Gasteiger partial charge in [0.1, 0.15) is 0 Å². The molecule has 2 amide bonds. The third-order valence-electron chi connectivity index (χ3n) is 3.22. The van der Waals surface area contributed by atoms with E-state index >= 15 is 0 Å². The number of hydrogen-bond acceptors (Lipinski definition) is 2. The van der Waals surface area contributed by atoms with Gasteiger partial charge in [0.15, 0.2) is 0 Å². The fourth-order valence-corrected chi connectivity index (χ4v) is 2.35. The lowest BCUT2D eigenvalue weighted by molar-refractivity contribution is 0.147. The van der Waals surface area contributed by atoms with E-state index in [2.05, 4.69) is 5.32 Å². The Labute approximate surface area is 94.2 Å². The van der Waals surface area contributed by atoms with Gasteiger partial charge in [-0.25, -0.2) is 4.79 Å². The second kappa shape index (κ2) is 3.79. The van der Waals surface area contributed by atoms with Crippen molar-refractivity contribution >= 4 is 6.03 Å². The second-order valence-electron chi connectivity index (χ2n) is 4.27. The number of carbonyl (C=O) groups is 1. The zero-order valence-electron chi connectivity index (χ0n) is 8.93. The van der Waals surface area contributed by atoms with Gasteiger partial charge in [-0.3, -0.25) is 0 Å². The number of nitrogens with zero attached hydrogens (tertiary/aromatic N) is 1. The van der Waals surface area contributed by atoms with Crippen molar-refractivity contribution in [3.8, 4) is 0 Å². The second-order valence-corrected chi connectivity index (χ2v) is 4.27. The van der Waals surface area contributed by atoms with E-state index in [-0.39, 0.29) is 18.1 Å². The van der Waals surface area contributed by atoms with E-state index in [1.807, 2.05) is 35.2 Å². The molecule has 2 aliphatic rings. The van der Waals surface area contributed by atoms with Crippen molar-refractivity contribution in [3.05, 3.63) is 35.9 Å². The zero-order valence-corrected chi connectivity index (χ0v) is 8.93. The maximum Gasteiger partial charge on any atom is 0.318 e. The molecule has 4 nitrogen and oxygen atoms in total. The van der Waals surface area contributed by atoms with Crippen molar-refractivity contribution < 1.29 is 9.53 Å². The molecule has 0 saturated carbocycles. The molecule has 1 N–H and O–H groups in total. The third-order valence-corrected chi connectivity index (χ3v) is 3.22. The van der Waals surface area contributed by atoms with E-state index in [4.69, 9.17) is 4.74 Å². The van der Waals surface area contributed by atoms with Crippen LogP contribution in [-0.4, -0.2) is 36.2 Å². The Hall–Kier alpha value is -1.55. The van der Waals surface area contributed by atoms with Crippen LogP contribution >= 0.6 is 0 Å². The van der Waals surface area contributed by atoms with Gasteiger partial charge >= 0.3 is 6.03 Å². The summed E-state index contributed by atoms with van der Waals surface area (Å²) in [7, 11) is 0. The number of rotatable bonds is 2. The van der Waals surface area contributed by atoms with Crippen LogP contribution in [0.15, 0.2) is 30.3 Å². The standard InChI is InChI=1S/C12H14N2O2/c15-12-13-10-7-16-8-11(10)14(12)6-9-4-2-1-3-5-9/h1-5,10-11H,6-8H2,(H,13,15). The normalized spacial score (nSPS) is 28.0. The maximum atomic E-state index is 11.8. The van der Waals surface area contributed by atoms with Crippen molar-refractivity contribution in [2.75, 3.05) is 13.2 Å². The minimum atomic E-state index is 0.0298. The monoisotopic (exact) mass is 218 g/mol. The summed E-state index contributed by atoms with van der Waals surface area (Å²) in [6.45, 7) is 1.95. The molecule has 1 aromatic carbocycles. The number of nitrogens with one attached hydrogen (secondary N) is 1. The summed E-state index contributed by atoms with van der Waals surface area (Å²) in [6, 6.07) is 10.4. The Kier molecular flexibility index (Phi) is 2.29. The summed E-state index contributed by atoms with van der Waals surface area (Å²) in [4.78, 5) is 13.6. The summed E-state index contributed by atoms with van der Waals surface area (Å²) in [6.07, 6.45) is 0. The Bertz CT molecular complexity index is 393. The quantitative estimate of drug-likeness (QED) is 0.804. The summed E-state index contributed by atoms with van der Waals surface area (Å²) in [5.41, 5.74) is 1.16. The van der Waals surface area contributed by atoms with Gasteiger partial charge in [0.2, 0.25) is 0 Å². The van der Waals surface area contributed by atoms with Crippen LogP contribution in [0.4, 0.5) is 4.79 Å². The van der Waals surface area contributed by atoms with Crippen molar-refractivity contribution in [3.63, 3.8) is 0 Å². The molecule has 0 spiro atoms. The Balaban J connectivity index is 1.77. The molecule has 2 unspecified atom stereocenters. The minimum absolute atomic E-state index is 0.0298. The Morgan fingerprint density at radius 2 is 2.12 bits per heavy atom. The average molecular weight is 218 g/mol. The van der Waals surface area contributed by atoms with E-state index in [1.54, 1.807) is 0 Å². The largest absolute Gasteiger partial charge is 0.377 e. The molecule has 2 fully saturated rings. The number of urea groups is 1. The van der Waals surface area contributed by atoms with E-state index in [1.165, 1.54) is 0 Å². The molecule has 0 aliphatic carbocycles. The average Bonchev–Trinajstić information content (AvgIpc) is 2.84. The summed E-state index contributed by atoms with van der Waals surface area (Å²) < 4.78 is 5.37. The lowest BCUT2D eigenvalue weighted by Crippen LogP contribution is -2.35. The maximum absolute atomic E-state index is 11.8. The molecule has 0 radical (unpaired) electrons. The summed E-state index contributed by atoms with van der Waals surface area (Å²) >= 11 is 0. The molecular formula is C12H14N2O2. The summed E-state index contributed by atoms with van der Waals surface area (Å²) in [5, 5.41) is 2.95. The topological polar surface area (TPSA) is 41.6 Å². The smallest absolute Gasteiger partial charge is 0.318 e. The van der Waals surface area contributed by atoms with Crippen LogP contribution in [0.25, 0.3) is 0 Å². The molecular weight excluding hydrogens is 204 g/mol. The van der Waals surface area contributed by atoms with Gasteiger partial charge < -0.3 is 15.0 Å². The lowest BCUT2D eigenvalue weighted by atomic mass is 10.1. The van der Waals surface area contributed by atoms with Gasteiger partial charge in [-0.15, -0.1) is 0 Å². The Morgan fingerprint density at radius 3 is 2.94 bits per heavy atom. The molecule has 2 heterocycles. The first kappa shape index (κ1) is 9.66. The fraction of sp³-hybridized carbons (Fsp3) is 0.417. The van der Waals surface area contributed by atoms with Crippen molar-refractivity contribution in [2.24, 2.45) is 0 Å². The number of hydrogen-bond donors (Lipinski definition) is 1. The van der Waals surface area contributed by atoms with Crippen LogP contribution in [0.1, 0.15) is 5.56 Å². The van der Waals surface area contributed by atoms with E-state index < -0.39 is 0 Å². The van der Waals surface area contributed by atoms with Crippen LogP contribution < -0.4 is 5.32 Å². The van der Waals surface area contributed by atoms with Gasteiger partial charge in [0, 0.05) is 6.54 Å². The molecule has 2 atom stereocenters. The highest BCUT2D eigenvalue weighted by Crippen LogP contribution is 2.22. The number of fused-ring (bicyclic) bond motifs is 1. The van der Waals surface area contributed by atoms with Crippen LogP contribution in [0.2, 0.25) is 0 Å². The number of carbonyl (C=O) groups excluding carboxylic acids is 1. The number of ether oxygens (including phenoxy) is 1. The van der Waals surface area contributed by atoms with Crippen molar-refractivity contribution in [2.45, 2.75) is 18.6 Å². The summed E-state index contributed by atoms with van der Waals surface area (Å²) in [5.74, 6) is 0. The van der Waals surface area contributed by atoms with Crippen LogP contribution in [0.5, 0.6) is 0 Å². The van der Waals surface area contributed by atoms with Gasteiger partial charge in [-0.05, 0) is 5.56 Å². The van der Waals surface area contributed by atoms with Crippen LogP contribution in [0, 0.1) is 0 Å². The predicted molar refractivity (Wildman–Crippen MR) is 58.9 cm³/mol. The van der Waals surface area contributed by atoms with E-state index in [9.17, 15) is 4.79 Å². The first-order valence-corrected chi connectivity index (χ1v) is 5.53. The molecule has 2 saturated heterocycles. The molecule has 0 aromatic heterocycles. The highest BCUT2D eigenvalue weighted by atomic mass is 16.5. The molecule has 3 rings (SSSR count). The zero-order chi connectivity index (χ0) is 11.0. The van der Waals surface area contributed by atoms with E-state index in [0.29, 0.717) is 19.8 Å². The molecule has 84 valence electrons. The van der Waals surface area contributed by atoms with Gasteiger partial charge in [-0.1, -0.05) is 30.3 Å². The van der Waals surface area contributed by atoms with Crippen LogP contribution in [0.3, 0.4) is 0 Å². The van der Waals surface area contributed by atoms with Gasteiger partial charge in [0.05, 0.1) is 25.3 Å². The molecule has 2 aliphatic heterocycles. The predicted octanol–water partition coefficient (Wildman–Crippen LogP) is 0.979. The fourth-order valence-electron chi connectivity index (χ4n) is 2.35. The highest BCUT2D eigenvalue weighted by molar-refractivity contribution is 5.78. The lowest BCUT2D eigenvalue weighted by Gasteiger charge is -2.20. The van der Waals surface area contributed by atoms with Crippen LogP contribution in [-0.2, 0) is 11.3 Å². The molecule has 16 heavy (non-hydrogen) atoms. The van der Waals surface area contributed by atoms with Gasteiger partial charge in [-0.2, -0.15) is 0 Å². The number of benzene rings is 1.